The molecule has 0 radical (unpaired) electrons. The van der Waals surface area contributed by atoms with Crippen LogP contribution in [0.25, 0.3) is 0 Å². The summed E-state index contributed by atoms with van der Waals surface area (Å²) in [6.07, 6.45) is 1.87. The third-order valence-corrected chi connectivity index (χ3v) is 5.65. The molecule has 2 heterocycles. The maximum atomic E-state index is 11.5. The maximum absolute atomic E-state index is 11.5. The molecule has 1 aromatic rings. The molecule has 0 N–H and O–H groups in total. The molecule has 0 aromatic heterocycles. The van der Waals surface area contributed by atoms with E-state index in [1.54, 1.807) is 0 Å². The number of carbonyl (C=O) groups is 1. The summed E-state index contributed by atoms with van der Waals surface area (Å²) in [5.41, 5.74) is 2.95. The summed E-state index contributed by atoms with van der Waals surface area (Å²) in [4.78, 5) is 13.3. The minimum absolute atomic E-state index is 0.193. The fourth-order valence-corrected chi connectivity index (χ4v) is 4.49. The summed E-state index contributed by atoms with van der Waals surface area (Å²) < 4.78 is 5.03. The van der Waals surface area contributed by atoms with Crippen LogP contribution < -0.4 is 0 Å². The second kappa shape index (κ2) is 4.50. The summed E-state index contributed by atoms with van der Waals surface area (Å²) in [6, 6.07) is 8.72. The molecule has 2 aliphatic rings. The number of likely N-dealkylation sites (tertiary alicyclic amines) is 1. The summed E-state index contributed by atoms with van der Waals surface area (Å²) >= 11 is 2.04. The molecule has 2 aliphatic heterocycles. The highest BCUT2D eigenvalue weighted by atomic mass is 32.2. The Morgan fingerprint density at radius 3 is 2.78 bits per heavy atom. The Bertz CT molecular complexity index is 467. The van der Waals surface area contributed by atoms with Crippen molar-refractivity contribution in [3.63, 3.8) is 0 Å². The first-order chi connectivity index (χ1) is 8.75. The van der Waals surface area contributed by atoms with Crippen LogP contribution in [0, 0.1) is 0 Å². The molecule has 0 saturated carbocycles. The van der Waals surface area contributed by atoms with Crippen molar-refractivity contribution in [2.24, 2.45) is 0 Å². The molecule has 0 unspecified atom stereocenters. The quantitative estimate of drug-likeness (QED) is 0.720. The number of ether oxygens (including phenoxy) is 1. The molecule has 3 nitrogen and oxygen atoms in total. The van der Waals surface area contributed by atoms with Gasteiger partial charge in [-0.25, -0.2) is 4.79 Å². The molecule has 3 rings (SSSR count). The lowest BCUT2D eigenvalue weighted by atomic mass is 9.86. The molecule has 0 atom stereocenters. The number of methoxy groups -OCH3 is 1. The maximum Gasteiger partial charge on any atom is 0.409 e. The van der Waals surface area contributed by atoms with E-state index in [9.17, 15) is 4.79 Å². The fourth-order valence-electron chi connectivity index (χ4n) is 2.98. The summed E-state index contributed by atoms with van der Waals surface area (Å²) in [6.45, 7) is 1.60. The summed E-state index contributed by atoms with van der Waals surface area (Å²) in [5.74, 6) is 1.11. The predicted octanol–water partition coefficient (Wildman–Crippen LogP) is 2.99. The van der Waals surface area contributed by atoms with Gasteiger partial charge < -0.3 is 9.64 Å². The highest BCUT2D eigenvalue weighted by molar-refractivity contribution is 7.99. The number of amides is 1. The van der Waals surface area contributed by atoms with Gasteiger partial charge in [-0.05, 0) is 24.0 Å². The Balaban J connectivity index is 1.79. The molecule has 0 bridgehead atoms. The summed E-state index contributed by atoms with van der Waals surface area (Å²) in [7, 11) is 1.45. The van der Waals surface area contributed by atoms with E-state index >= 15 is 0 Å². The lowest BCUT2D eigenvalue weighted by Crippen LogP contribution is -2.43. The first kappa shape index (κ1) is 11.9. The Labute approximate surface area is 111 Å². The molecule has 96 valence electrons. The van der Waals surface area contributed by atoms with Crippen molar-refractivity contribution in [3.05, 3.63) is 35.4 Å². The lowest BCUT2D eigenvalue weighted by molar-refractivity contribution is 0.110. The molecular formula is C14H17NO2S. The average molecular weight is 263 g/mol. The monoisotopic (exact) mass is 263 g/mol. The standard InChI is InChI=1S/C14H17NO2S/c1-17-13(16)15-8-6-14(7-9-15)12-5-3-2-4-11(12)10-18-14/h2-5H,6-10H2,1H3. The van der Waals surface area contributed by atoms with E-state index in [1.807, 2.05) is 16.7 Å². The number of nitrogens with zero attached hydrogens (tertiary/aromatic N) is 1. The molecule has 4 heteroatoms. The molecule has 18 heavy (non-hydrogen) atoms. The van der Waals surface area contributed by atoms with Crippen molar-refractivity contribution in [1.82, 2.24) is 4.90 Å². The number of carbonyl (C=O) groups excluding carboxylic acids is 1. The smallest absolute Gasteiger partial charge is 0.409 e. The van der Waals surface area contributed by atoms with Crippen LogP contribution in [0.3, 0.4) is 0 Å². The highest BCUT2D eigenvalue weighted by Gasteiger charge is 2.42. The third-order valence-electron chi connectivity index (χ3n) is 4.02. The van der Waals surface area contributed by atoms with E-state index in [4.69, 9.17) is 4.74 Å². The summed E-state index contributed by atoms with van der Waals surface area (Å²) in [5, 5.41) is 0. The Hall–Kier alpha value is -1.16. The second-order valence-corrected chi connectivity index (χ2v) is 6.26. The van der Waals surface area contributed by atoms with Crippen LogP contribution in [-0.2, 0) is 15.2 Å². The van der Waals surface area contributed by atoms with Gasteiger partial charge in [0.25, 0.3) is 0 Å². The van der Waals surface area contributed by atoms with Crippen LogP contribution in [0.4, 0.5) is 4.79 Å². The van der Waals surface area contributed by atoms with Gasteiger partial charge in [0.1, 0.15) is 0 Å². The number of benzene rings is 1. The van der Waals surface area contributed by atoms with Gasteiger partial charge in [-0.2, -0.15) is 0 Å². The van der Waals surface area contributed by atoms with Crippen LogP contribution in [0.5, 0.6) is 0 Å². The van der Waals surface area contributed by atoms with Gasteiger partial charge in [0.2, 0.25) is 0 Å². The molecule has 1 fully saturated rings. The number of hydrogen-bond donors (Lipinski definition) is 0. The van der Waals surface area contributed by atoms with Gasteiger partial charge in [0, 0.05) is 23.6 Å². The average Bonchev–Trinajstić information content (AvgIpc) is 2.78. The number of hydrogen-bond acceptors (Lipinski definition) is 3. The molecule has 0 aliphatic carbocycles. The normalized spacial score (nSPS) is 20.8. The van der Waals surface area contributed by atoms with Gasteiger partial charge >= 0.3 is 6.09 Å². The SMILES string of the molecule is COC(=O)N1CCC2(CC1)SCc1ccccc12. The van der Waals surface area contributed by atoms with Gasteiger partial charge in [-0.15, -0.1) is 11.8 Å². The Kier molecular flexibility index (Phi) is 2.98. The van der Waals surface area contributed by atoms with Crippen molar-refractivity contribution in [2.75, 3.05) is 20.2 Å². The van der Waals surface area contributed by atoms with Crippen LogP contribution in [-0.4, -0.2) is 31.2 Å². The van der Waals surface area contributed by atoms with E-state index in [0.717, 1.165) is 31.7 Å². The van der Waals surface area contributed by atoms with Crippen LogP contribution in [0.2, 0.25) is 0 Å². The van der Waals surface area contributed by atoms with Crippen molar-refractivity contribution in [3.8, 4) is 0 Å². The van der Waals surface area contributed by atoms with Crippen molar-refractivity contribution >= 4 is 17.9 Å². The second-order valence-electron chi connectivity index (χ2n) is 4.90. The molecule has 1 amide bonds. The number of piperidine rings is 1. The number of rotatable bonds is 0. The van der Waals surface area contributed by atoms with E-state index < -0.39 is 0 Å². The minimum atomic E-state index is -0.193. The van der Waals surface area contributed by atoms with Gasteiger partial charge in [-0.3, -0.25) is 0 Å². The van der Waals surface area contributed by atoms with Gasteiger partial charge in [-0.1, -0.05) is 24.3 Å². The minimum Gasteiger partial charge on any atom is -0.453 e. The van der Waals surface area contributed by atoms with Crippen molar-refractivity contribution in [1.29, 1.82) is 0 Å². The Morgan fingerprint density at radius 2 is 2.06 bits per heavy atom. The van der Waals surface area contributed by atoms with Gasteiger partial charge in [0.15, 0.2) is 0 Å². The zero-order valence-corrected chi connectivity index (χ0v) is 11.3. The number of fused-ring (bicyclic) bond motifs is 2. The predicted molar refractivity (Wildman–Crippen MR) is 72.6 cm³/mol. The fraction of sp³-hybridized carbons (Fsp3) is 0.500. The highest BCUT2D eigenvalue weighted by Crippen LogP contribution is 2.53. The zero-order chi connectivity index (χ0) is 12.6. The topological polar surface area (TPSA) is 29.5 Å². The van der Waals surface area contributed by atoms with Crippen molar-refractivity contribution < 1.29 is 9.53 Å². The Morgan fingerprint density at radius 1 is 1.33 bits per heavy atom. The van der Waals surface area contributed by atoms with Crippen LogP contribution in [0.1, 0.15) is 24.0 Å². The first-order valence-corrected chi connectivity index (χ1v) is 7.29. The molecular weight excluding hydrogens is 246 g/mol. The van der Waals surface area contributed by atoms with E-state index in [1.165, 1.54) is 18.2 Å². The van der Waals surface area contributed by atoms with Crippen LogP contribution >= 0.6 is 11.8 Å². The van der Waals surface area contributed by atoms with Crippen molar-refractivity contribution in [2.45, 2.75) is 23.3 Å². The van der Waals surface area contributed by atoms with E-state index in [0.29, 0.717) is 0 Å². The molecule has 1 aromatic carbocycles. The van der Waals surface area contributed by atoms with E-state index in [-0.39, 0.29) is 10.8 Å². The van der Waals surface area contributed by atoms with Crippen LogP contribution in [0.15, 0.2) is 24.3 Å². The molecule has 1 spiro atoms. The molecule has 1 saturated heterocycles. The third kappa shape index (κ3) is 1.79. The van der Waals surface area contributed by atoms with E-state index in [2.05, 4.69) is 24.3 Å². The van der Waals surface area contributed by atoms with Gasteiger partial charge in [0.05, 0.1) is 7.11 Å². The zero-order valence-electron chi connectivity index (χ0n) is 10.5. The lowest BCUT2D eigenvalue weighted by Gasteiger charge is -2.38. The number of thioether (sulfide) groups is 1. The first-order valence-electron chi connectivity index (χ1n) is 6.30. The largest absolute Gasteiger partial charge is 0.453 e.